The molecule has 0 bridgehead atoms. The Morgan fingerprint density at radius 2 is 0.962 bits per heavy atom. The molecule has 3 saturated carbocycles. The Kier molecular flexibility index (Phi) is 22.6. The van der Waals surface area contributed by atoms with Crippen LogP contribution in [0.5, 0.6) is 0 Å². The Morgan fingerprint density at radius 3 is 1.19 bits per heavy atom. The monoisotopic (exact) mass is 384 g/mol. The van der Waals surface area contributed by atoms with Crippen LogP contribution in [0.1, 0.15) is 104 Å². The number of aliphatic hydroxyl groups excluding tert-OH is 1. The molecule has 2 unspecified atom stereocenters. The van der Waals surface area contributed by atoms with Crippen LogP contribution < -0.4 is 0 Å². The summed E-state index contributed by atoms with van der Waals surface area (Å²) in [5.41, 5.74) is 0. The normalized spacial score (nSPS) is 26.3. The third-order valence-corrected chi connectivity index (χ3v) is 5.44. The highest BCUT2D eigenvalue weighted by Gasteiger charge is 2.19. The van der Waals surface area contributed by atoms with Crippen molar-refractivity contribution in [2.45, 2.75) is 116 Å². The lowest BCUT2D eigenvalue weighted by molar-refractivity contribution is -0.0441. The van der Waals surface area contributed by atoms with Crippen molar-refractivity contribution in [3.8, 4) is 0 Å². The molecule has 5 heteroatoms. The molecule has 0 radical (unpaired) electrons. The molecule has 2 nitrogen and oxygen atoms in total. The highest BCUT2D eigenvalue weighted by molar-refractivity contribution is 4.70. The smallest absolute Gasteiger partial charge is 0.103 e. The zero-order valence-electron chi connectivity index (χ0n) is 17.2. The Bertz CT molecular complexity index is 230. The van der Waals surface area contributed by atoms with E-state index < -0.39 is 12.3 Å². The minimum absolute atomic E-state index is 0.337. The van der Waals surface area contributed by atoms with Crippen molar-refractivity contribution in [1.29, 1.82) is 0 Å². The number of hydrogen-bond donors (Lipinski definition) is 2. The quantitative estimate of drug-likeness (QED) is 0.478. The molecule has 2 atom stereocenters. The number of alkyl halides is 2. The maximum absolute atomic E-state index is 12.6. The van der Waals surface area contributed by atoms with Crippen molar-refractivity contribution >= 4 is 0 Å². The van der Waals surface area contributed by atoms with E-state index in [0.717, 1.165) is 58.0 Å². The first-order valence-electron chi connectivity index (χ1n) is 10.5. The molecular weight excluding hydrogens is 341 g/mol. The van der Waals surface area contributed by atoms with Gasteiger partial charge in [0.1, 0.15) is 12.3 Å². The summed E-state index contributed by atoms with van der Waals surface area (Å²) >= 11 is 0. The van der Waals surface area contributed by atoms with E-state index in [9.17, 15) is 8.78 Å². The number of hydrogen-bond acceptors (Lipinski definition) is 2. The molecular formula is C21H43F3O2. The first kappa shape index (κ1) is 27.9. The minimum Gasteiger partial charge on any atom is -0.400 e. The molecule has 2 N–H and O–H groups in total. The minimum atomic E-state index is -0.497. The van der Waals surface area contributed by atoms with E-state index in [4.69, 9.17) is 14.9 Å². The number of aliphatic hydroxyl groups is 1. The van der Waals surface area contributed by atoms with E-state index in [2.05, 4.69) is 6.92 Å². The maximum Gasteiger partial charge on any atom is 0.103 e. The summed E-state index contributed by atoms with van der Waals surface area (Å²) < 4.78 is 33.3. The molecule has 3 rings (SSSR count). The third-order valence-electron chi connectivity index (χ3n) is 5.44. The third kappa shape index (κ3) is 17.1. The SMILES string of the molecule is CC1CCCCC1.CC1CCCCC1F.CO.FC1CCCCC1.OF. The highest BCUT2D eigenvalue weighted by Crippen LogP contribution is 2.25. The molecule has 0 heterocycles. The number of rotatable bonds is 0. The van der Waals surface area contributed by atoms with E-state index in [-0.39, 0.29) is 0 Å². The lowest BCUT2D eigenvalue weighted by Gasteiger charge is -2.21. The van der Waals surface area contributed by atoms with E-state index in [1.807, 2.05) is 6.92 Å². The van der Waals surface area contributed by atoms with Gasteiger partial charge in [-0.15, -0.1) is 0 Å². The predicted molar refractivity (Wildman–Crippen MR) is 104 cm³/mol. The van der Waals surface area contributed by atoms with Crippen LogP contribution in [-0.4, -0.2) is 29.9 Å². The summed E-state index contributed by atoms with van der Waals surface area (Å²) in [7, 11) is 1.00. The van der Waals surface area contributed by atoms with Crippen molar-refractivity contribution in [2.24, 2.45) is 11.8 Å². The second kappa shape index (κ2) is 21.0. The van der Waals surface area contributed by atoms with Crippen molar-refractivity contribution in [3.05, 3.63) is 0 Å². The Labute approximate surface area is 159 Å². The zero-order valence-corrected chi connectivity index (χ0v) is 17.2. The topological polar surface area (TPSA) is 40.5 Å². The maximum atomic E-state index is 12.6. The van der Waals surface area contributed by atoms with Crippen molar-refractivity contribution < 1.29 is 23.7 Å². The van der Waals surface area contributed by atoms with Gasteiger partial charge in [0.2, 0.25) is 0 Å². The highest BCUT2D eigenvalue weighted by atomic mass is 19.3. The van der Waals surface area contributed by atoms with Gasteiger partial charge in [-0.25, -0.2) is 14.1 Å². The predicted octanol–water partition coefficient (Wildman–Crippen LogP) is 6.88. The molecule has 0 aromatic heterocycles. The van der Waals surface area contributed by atoms with Gasteiger partial charge in [0.05, 0.1) is 0 Å². The Morgan fingerprint density at radius 1 is 0.577 bits per heavy atom. The van der Waals surface area contributed by atoms with Gasteiger partial charge in [-0.1, -0.05) is 82.6 Å². The van der Waals surface area contributed by atoms with Crippen LogP contribution in [0, 0.1) is 11.8 Å². The molecule has 3 aliphatic rings. The molecule has 0 amide bonds. The number of halogens is 3. The molecule has 3 fully saturated rings. The van der Waals surface area contributed by atoms with Crippen LogP contribution in [0.15, 0.2) is 0 Å². The standard InChI is InChI=1S/C7H13F.C7H14.C6H11F.CH4O.FHO/c1-6-4-2-3-5-7(6)8;1-7-5-3-2-4-6-7;7-6-4-2-1-3-5-6;2*1-2/h6-7H,2-5H2,1H3;7H,2-6H2,1H3;6H,1-5H2;2H,1H3;2H. The van der Waals surface area contributed by atoms with Gasteiger partial charge in [0.25, 0.3) is 0 Å². The molecule has 3 aliphatic carbocycles. The van der Waals surface area contributed by atoms with E-state index in [1.165, 1.54) is 44.9 Å². The van der Waals surface area contributed by atoms with Crippen LogP contribution in [0.4, 0.5) is 13.3 Å². The van der Waals surface area contributed by atoms with Crippen molar-refractivity contribution in [2.75, 3.05) is 7.11 Å². The fraction of sp³-hybridized carbons (Fsp3) is 1.00. The van der Waals surface area contributed by atoms with Gasteiger partial charge < -0.3 is 5.11 Å². The molecule has 0 aromatic rings. The fourth-order valence-corrected chi connectivity index (χ4v) is 3.63. The van der Waals surface area contributed by atoms with Crippen LogP contribution in [-0.2, 0) is 0 Å². The van der Waals surface area contributed by atoms with Crippen LogP contribution >= 0.6 is 0 Å². The van der Waals surface area contributed by atoms with Gasteiger partial charge >= 0.3 is 0 Å². The van der Waals surface area contributed by atoms with Gasteiger partial charge in [-0.3, -0.25) is 0 Å². The summed E-state index contributed by atoms with van der Waals surface area (Å²) in [5, 5.41) is 12.5. The summed E-state index contributed by atoms with van der Waals surface area (Å²) in [6.45, 7) is 4.36. The van der Waals surface area contributed by atoms with Crippen LogP contribution in [0.3, 0.4) is 0 Å². The van der Waals surface area contributed by atoms with Crippen LogP contribution in [0.25, 0.3) is 0 Å². The van der Waals surface area contributed by atoms with Crippen molar-refractivity contribution in [3.63, 3.8) is 0 Å². The average molecular weight is 385 g/mol. The Balaban J connectivity index is 0. The molecule has 0 aliphatic heterocycles. The van der Waals surface area contributed by atoms with E-state index in [1.54, 1.807) is 0 Å². The molecule has 0 spiro atoms. The van der Waals surface area contributed by atoms with Crippen molar-refractivity contribution in [1.82, 2.24) is 0 Å². The second-order valence-electron chi connectivity index (χ2n) is 7.76. The first-order chi connectivity index (χ1) is 12.6. The first-order valence-corrected chi connectivity index (χ1v) is 10.5. The van der Waals surface area contributed by atoms with E-state index in [0.29, 0.717) is 5.92 Å². The van der Waals surface area contributed by atoms with Crippen LogP contribution in [0.2, 0.25) is 0 Å². The van der Waals surface area contributed by atoms with Gasteiger partial charge in [-0.2, -0.15) is 0 Å². The fourth-order valence-electron chi connectivity index (χ4n) is 3.63. The molecule has 0 saturated heterocycles. The summed E-state index contributed by atoms with van der Waals surface area (Å²) in [4.78, 5) is 0. The molecule has 160 valence electrons. The Hall–Kier alpha value is -0.290. The van der Waals surface area contributed by atoms with E-state index >= 15 is 0 Å². The molecule has 0 aromatic carbocycles. The summed E-state index contributed by atoms with van der Waals surface area (Å²) in [6, 6.07) is 0. The second-order valence-corrected chi connectivity index (χ2v) is 7.76. The summed E-state index contributed by atoms with van der Waals surface area (Å²) in [5.74, 6) is 1.37. The van der Waals surface area contributed by atoms with Gasteiger partial charge in [0.15, 0.2) is 0 Å². The average Bonchev–Trinajstić information content (AvgIpc) is 2.70. The lowest BCUT2D eigenvalue weighted by atomic mass is 9.89. The van der Waals surface area contributed by atoms with Gasteiger partial charge in [0, 0.05) is 7.11 Å². The lowest BCUT2D eigenvalue weighted by Crippen LogP contribution is -2.16. The van der Waals surface area contributed by atoms with Gasteiger partial charge in [-0.05, 0) is 37.5 Å². The summed E-state index contributed by atoms with van der Waals surface area (Å²) in [6.07, 6.45) is 15.8. The largest absolute Gasteiger partial charge is 0.400 e. The molecule has 26 heavy (non-hydrogen) atoms. The zero-order chi connectivity index (χ0) is 20.2.